The standard InChI is InChI=1S/C28H32O10/c1-13-16(5-4-6-21(13)36-3)26(33)25-18(11-29)28(35)24-17(27(25)34)9-15(20(32)12-30)10-22(24)38-23-8-7-19(31)14(2)37-23/h4-6,11,14-15,19,22-23,30-31,34-35H,7-10,12H2,1-3H3/t14?,15?,19-,22-,23?/m0/s1. The van der Waals surface area contributed by atoms with Crippen LogP contribution in [0.4, 0.5) is 0 Å². The summed E-state index contributed by atoms with van der Waals surface area (Å²) in [5, 5.41) is 42.1. The molecule has 3 unspecified atom stereocenters. The van der Waals surface area contributed by atoms with E-state index in [2.05, 4.69) is 0 Å². The molecular weight excluding hydrogens is 496 g/mol. The lowest BCUT2D eigenvalue weighted by Gasteiger charge is -2.38. The fraction of sp³-hybridized carbons (Fsp3) is 0.464. The monoisotopic (exact) mass is 528 g/mol. The molecule has 2 aliphatic rings. The van der Waals surface area contributed by atoms with E-state index in [0.717, 1.165) is 0 Å². The molecule has 1 aliphatic heterocycles. The zero-order chi connectivity index (χ0) is 27.7. The van der Waals surface area contributed by atoms with E-state index in [4.69, 9.17) is 14.2 Å². The summed E-state index contributed by atoms with van der Waals surface area (Å²) < 4.78 is 17.1. The molecule has 0 saturated carbocycles. The third-order valence-corrected chi connectivity index (χ3v) is 7.53. The minimum absolute atomic E-state index is 0.0524. The van der Waals surface area contributed by atoms with Crippen LogP contribution < -0.4 is 4.74 Å². The second-order valence-corrected chi connectivity index (χ2v) is 9.76. The van der Waals surface area contributed by atoms with E-state index < -0.39 is 71.3 Å². The lowest BCUT2D eigenvalue weighted by Crippen LogP contribution is -2.39. The molecule has 0 spiro atoms. The Hall–Kier alpha value is -3.31. The van der Waals surface area contributed by atoms with Gasteiger partial charge in [0.15, 0.2) is 24.1 Å². The van der Waals surface area contributed by atoms with Crippen molar-refractivity contribution in [1.29, 1.82) is 0 Å². The van der Waals surface area contributed by atoms with Gasteiger partial charge >= 0.3 is 0 Å². The number of hydrogen-bond donors (Lipinski definition) is 4. The lowest BCUT2D eigenvalue weighted by molar-refractivity contribution is -0.239. The summed E-state index contributed by atoms with van der Waals surface area (Å²) in [6, 6.07) is 4.78. The van der Waals surface area contributed by atoms with E-state index in [9.17, 15) is 34.8 Å². The van der Waals surface area contributed by atoms with E-state index in [1.165, 1.54) is 13.2 Å². The highest BCUT2D eigenvalue weighted by atomic mass is 16.7. The molecule has 204 valence electrons. The van der Waals surface area contributed by atoms with Gasteiger partial charge in [-0.3, -0.25) is 14.4 Å². The van der Waals surface area contributed by atoms with Crippen molar-refractivity contribution >= 4 is 17.9 Å². The Morgan fingerprint density at radius 3 is 2.55 bits per heavy atom. The molecule has 10 nitrogen and oxygen atoms in total. The number of aliphatic hydroxyl groups is 2. The Bertz CT molecular complexity index is 1250. The van der Waals surface area contributed by atoms with Crippen molar-refractivity contribution in [1.82, 2.24) is 0 Å². The Morgan fingerprint density at radius 1 is 1.18 bits per heavy atom. The van der Waals surface area contributed by atoms with Gasteiger partial charge in [-0.1, -0.05) is 12.1 Å². The van der Waals surface area contributed by atoms with Crippen LogP contribution in [0.25, 0.3) is 0 Å². The average molecular weight is 529 g/mol. The normalized spacial score (nSPS) is 24.9. The summed E-state index contributed by atoms with van der Waals surface area (Å²) in [6.07, 6.45) is -1.91. The van der Waals surface area contributed by atoms with Crippen LogP contribution in [-0.4, -0.2) is 70.5 Å². The number of Topliss-reactive ketones (excluding diaryl/α,β-unsaturated/α-hetero) is 1. The number of aliphatic hydroxyl groups excluding tert-OH is 2. The van der Waals surface area contributed by atoms with Gasteiger partial charge in [0.05, 0.1) is 36.5 Å². The van der Waals surface area contributed by atoms with Crippen molar-refractivity contribution in [2.24, 2.45) is 5.92 Å². The molecule has 38 heavy (non-hydrogen) atoms. The van der Waals surface area contributed by atoms with Crippen LogP contribution in [0.5, 0.6) is 17.2 Å². The van der Waals surface area contributed by atoms with Gasteiger partial charge < -0.3 is 34.6 Å². The van der Waals surface area contributed by atoms with Crippen molar-refractivity contribution in [2.75, 3.05) is 13.7 Å². The summed E-state index contributed by atoms with van der Waals surface area (Å²) in [5.41, 5.74) is 0.0268. The zero-order valence-electron chi connectivity index (χ0n) is 21.5. The third-order valence-electron chi connectivity index (χ3n) is 7.53. The maximum Gasteiger partial charge on any atom is 0.198 e. The number of benzene rings is 2. The van der Waals surface area contributed by atoms with E-state index in [0.29, 0.717) is 30.4 Å². The molecule has 2 aromatic carbocycles. The summed E-state index contributed by atoms with van der Waals surface area (Å²) in [5.74, 6) is -2.61. The molecule has 4 rings (SSSR count). The number of phenols is 2. The second-order valence-electron chi connectivity index (χ2n) is 9.76. The Balaban J connectivity index is 1.84. The van der Waals surface area contributed by atoms with Gasteiger partial charge in [0.1, 0.15) is 23.9 Å². The molecule has 0 radical (unpaired) electrons. The molecule has 0 amide bonds. The molecule has 5 atom stereocenters. The predicted molar refractivity (Wildman–Crippen MR) is 134 cm³/mol. The van der Waals surface area contributed by atoms with Crippen LogP contribution in [0.2, 0.25) is 0 Å². The van der Waals surface area contributed by atoms with Gasteiger partial charge in [-0.15, -0.1) is 0 Å². The third kappa shape index (κ3) is 4.92. The first kappa shape index (κ1) is 27.7. The zero-order valence-corrected chi connectivity index (χ0v) is 21.5. The highest BCUT2D eigenvalue weighted by molar-refractivity contribution is 6.16. The largest absolute Gasteiger partial charge is 0.507 e. The van der Waals surface area contributed by atoms with Gasteiger partial charge in [-0.25, -0.2) is 0 Å². The lowest BCUT2D eigenvalue weighted by atomic mass is 9.76. The highest BCUT2D eigenvalue weighted by Crippen LogP contribution is 2.49. The van der Waals surface area contributed by atoms with Gasteiger partial charge in [0.2, 0.25) is 0 Å². The maximum absolute atomic E-state index is 13.6. The number of methoxy groups -OCH3 is 1. The van der Waals surface area contributed by atoms with Crippen molar-refractivity contribution in [2.45, 2.75) is 64.1 Å². The van der Waals surface area contributed by atoms with E-state index in [-0.39, 0.29) is 29.5 Å². The summed E-state index contributed by atoms with van der Waals surface area (Å²) >= 11 is 0. The summed E-state index contributed by atoms with van der Waals surface area (Å²) in [6.45, 7) is 2.62. The number of ether oxygens (including phenoxy) is 3. The van der Waals surface area contributed by atoms with Crippen LogP contribution >= 0.6 is 0 Å². The molecule has 0 bridgehead atoms. The van der Waals surface area contributed by atoms with Crippen LogP contribution in [-0.2, 0) is 20.7 Å². The number of aldehydes is 1. The molecule has 1 heterocycles. The predicted octanol–water partition coefficient (Wildman–Crippen LogP) is 2.53. The fourth-order valence-electron chi connectivity index (χ4n) is 5.35. The maximum atomic E-state index is 13.6. The number of ketones is 2. The average Bonchev–Trinajstić information content (AvgIpc) is 2.91. The highest BCUT2D eigenvalue weighted by Gasteiger charge is 2.41. The second kappa shape index (κ2) is 11.2. The Labute approximate surface area is 219 Å². The van der Waals surface area contributed by atoms with Crippen molar-refractivity contribution < 1.29 is 49.0 Å². The van der Waals surface area contributed by atoms with Crippen LogP contribution in [0.1, 0.15) is 75.3 Å². The molecule has 10 heteroatoms. The number of rotatable bonds is 8. The molecule has 1 fully saturated rings. The van der Waals surface area contributed by atoms with Crippen LogP contribution in [0.3, 0.4) is 0 Å². The van der Waals surface area contributed by atoms with Gasteiger partial charge in [-0.2, -0.15) is 0 Å². The fourth-order valence-corrected chi connectivity index (χ4v) is 5.35. The number of carbonyl (C=O) groups is 3. The van der Waals surface area contributed by atoms with Gasteiger partial charge in [-0.05, 0) is 39.2 Å². The molecular formula is C28H32O10. The van der Waals surface area contributed by atoms with Crippen LogP contribution in [0, 0.1) is 12.8 Å². The molecule has 1 saturated heterocycles. The summed E-state index contributed by atoms with van der Waals surface area (Å²) in [7, 11) is 1.45. The minimum Gasteiger partial charge on any atom is -0.507 e. The first-order valence-electron chi connectivity index (χ1n) is 12.5. The van der Waals surface area contributed by atoms with Crippen molar-refractivity contribution in [3.8, 4) is 17.2 Å². The molecule has 2 aromatic rings. The van der Waals surface area contributed by atoms with E-state index in [1.807, 2.05) is 0 Å². The van der Waals surface area contributed by atoms with Crippen molar-refractivity contribution in [3.05, 3.63) is 51.6 Å². The molecule has 4 N–H and O–H groups in total. The van der Waals surface area contributed by atoms with Gasteiger partial charge in [0.25, 0.3) is 0 Å². The van der Waals surface area contributed by atoms with E-state index in [1.54, 1.807) is 26.0 Å². The number of phenolic OH excluding ortho intramolecular Hbond substituents is 2. The van der Waals surface area contributed by atoms with Crippen molar-refractivity contribution in [3.63, 3.8) is 0 Å². The molecule has 1 aliphatic carbocycles. The van der Waals surface area contributed by atoms with Gasteiger partial charge in [0, 0.05) is 34.6 Å². The number of fused-ring (bicyclic) bond motifs is 1. The van der Waals surface area contributed by atoms with E-state index >= 15 is 0 Å². The number of aromatic hydroxyl groups is 2. The quantitative estimate of drug-likeness (QED) is 0.228. The Kier molecular flexibility index (Phi) is 8.17. The smallest absolute Gasteiger partial charge is 0.198 e. The van der Waals surface area contributed by atoms with Crippen LogP contribution in [0.15, 0.2) is 18.2 Å². The number of carbonyl (C=O) groups excluding carboxylic acids is 3. The first-order chi connectivity index (χ1) is 18.1. The first-order valence-corrected chi connectivity index (χ1v) is 12.5. The topological polar surface area (TPSA) is 160 Å². The summed E-state index contributed by atoms with van der Waals surface area (Å²) in [4.78, 5) is 38.4. The number of hydrogen-bond acceptors (Lipinski definition) is 10. The SMILES string of the molecule is COc1cccc(C(=O)c2c(O)c3c(c(O)c2C=O)[C@@H](OC2CC[C@H](O)C(C)O2)CC(C(=O)CO)C3)c1C. The minimum atomic E-state index is -0.987. The Morgan fingerprint density at radius 2 is 1.92 bits per heavy atom. The molecule has 0 aromatic heterocycles.